The van der Waals surface area contributed by atoms with E-state index in [1.807, 2.05) is 11.3 Å². The fraction of sp³-hybridized carbons (Fsp3) is 0.733. The molecule has 3 rings (SSSR count). The molecule has 1 aromatic heterocycles. The van der Waals surface area contributed by atoms with Crippen molar-refractivity contribution in [2.45, 2.75) is 38.6 Å². The molecule has 1 heterocycles. The van der Waals surface area contributed by atoms with Crippen LogP contribution in [-0.2, 0) is 0 Å². The van der Waals surface area contributed by atoms with Crippen molar-refractivity contribution in [1.82, 2.24) is 5.32 Å². The molecule has 4 heteroatoms. The van der Waals surface area contributed by atoms with E-state index in [-0.39, 0.29) is 0 Å². The largest absolute Gasteiger partial charge is 0.329 e. The second kappa shape index (κ2) is 5.84. The first-order valence-corrected chi connectivity index (χ1v) is 8.99. The van der Waals surface area contributed by atoms with Crippen molar-refractivity contribution >= 4 is 27.3 Å². The number of thiophene rings is 1. The van der Waals surface area contributed by atoms with E-state index in [0.717, 1.165) is 24.3 Å². The van der Waals surface area contributed by atoms with E-state index in [4.69, 9.17) is 5.73 Å². The Balaban J connectivity index is 1.59. The molecule has 0 saturated heterocycles. The number of aryl methyl sites for hydroxylation is 1. The molecular weight excluding hydrogens is 320 g/mol. The molecule has 0 aromatic carbocycles. The minimum absolute atomic E-state index is 0.329. The lowest BCUT2D eigenvalue weighted by atomic mass is 9.97. The highest BCUT2D eigenvalue weighted by Gasteiger charge is 2.41. The number of hydrogen-bond acceptors (Lipinski definition) is 3. The van der Waals surface area contributed by atoms with E-state index in [1.165, 1.54) is 39.9 Å². The highest BCUT2D eigenvalue weighted by molar-refractivity contribution is 9.10. The normalized spacial score (nSPS) is 21.1. The van der Waals surface area contributed by atoms with Crippen LogP contribution in [0, 0.1) is 24.7 Å². The van der Waals surface area contributed by atoms with Gasteiger partial charge in [0.15, 0.2) is 0 Å². The van der Waals surface area contributed by atoms with Crippen LogP contribution in [0.25, 0.3) is 0 Å². The summed E-state index contributed by atoms with van der Waals surface area (Å²) in [4.78, 5) is 2.72. The van der Waals surface area contributed by atoms with Crippen molar-refractivity contribution < 1.29 is 0 Å². The molecule has 2 aliphatic rings. The number of rotatable bonds is 7. The lowest BCUT2D eigenvalue weighted by Gasteiger charge is -2.21. The predicted molar refractivity (Wildman–Crippen MR) is 85.5 cm³/mol. The first-order chi connectivity index (χ1) is 9.19. The summed E-state index contributed by atoms with van der Waals surface area (Å²) < 4.78 is 1.22. The Bertz CT molecular complexity index is 406. The third-order valence-corrected chi connectivity index (χ3v) is 6.76. The standard InChI is InChI=1S/C15H23BrN2S/c1-9-13(16)6-15(19-9)14(7-17)18-8-12(10-2-3-10)11-4-5-11/h6,10-12,14,18H,2-5,7-8,17H2,1H3. The maximum absolute atomic E-state index is 5.96. The molecule has 1 aromatic rings. The first-order valence-electron chi connectivity index (χ1n) is 7.38. The van der Waals surface area contributed by atoms with Crippen LogP contribution in [-0.4, -0.2) is 13.1 Å². The Hall–Kier alpha value is 0.100. The number of nitrogens with two attached hydrogens (primary N) is 1. The third kappa shape index (κ3) is 3.41. The smallest absolute Gasteiger partial charge is 0.0539 e. The summed E-state index contributed by atoms with van der Waals surface area (Å²) in [5.74, 6) is 2.93. The summed E-state index contributed by atoms with van der Waals surface area (Å²) in [6, 6.07) is 2.56. The molecule has 1 atom stereocenters. The van der Waals surface area contributed by atoms with Gasteiger partial charge in [-0.1, -0.05) is 0 Å². The van der Waals surface area contributed by atoms with Crippen LogP contribution in [0.15, 0.2) is 10.5 Å². The first kappa shape index (κ1) is 14.1. The maximum Gasteiger partial charge on any atom is 0.0539 e. The monoisotopic (exact) mass is 342 g/mol. The molecule has 3 N–H and O–H groups in total. The molecule has 0 radical (unpaired) electrons. The Morgan fingerprint density at radius 1 is 1.37 bits per heavy atom. The van der Waals surface area contributed by atoms with Gasteiger partial charge in [-0.25, -0.2) is 0 Å². The van der Waals surface area contributed by atoms with Gasteiger partial charge in [0.05, 0.1) is 6.04 Å². The molecule has 2 aliphatic carbocycles. The third-order valence-electron chi connectivity index (χ3n) is 4.51. The lowest BCUT2D eigenvalue weighted by Crippen LogP contribution is -2.33. The Morgan fingerprint density at radius 2 is 2.00 bits per heavy atom. The molecule has 2 nitrogen and oxygen atoms in total. The Labute approximate surface area is 128 Å². The van der Waals surface area contributed by atoms with E-state index in [9.17, 15) is 0 Å². The van der Waals surface area contributed by atoms with Crippen LogP contribution in [0.3, 0.4) is 0 Å². The zero-order valence-electron chi connectivity index (χ0n) is 11.5. The van der Waals surface area contributed by atoms with Crippen LogP contribution < -0.4 is 11.1 Å². The Kier molecular flexibility index (Phi) is 4.32. The molecular formula is C15H23BrN2S. The molecule has 1 unspecified atom stereocenters. The van der Waals surface area contributed by atoms with E-state index < -0.39 is 0 Å². The van der Waals surface area contributed by atoms with Gasteiger partial charge in [0.1, 0.15) is 0 Å². The molecule has 2 saturated carbocycles. The molecule has 19 heavy (non-hydrogen) atoms. The van der Waals surface area contributed by atoms with Crippen molar-refractivity contribution in [2.24, 2.45) is 23.5 Å². The molecule has 0 bridgehead atoms. The summed E-state index contributed by atoms with van der Waals surface area (Å²) in [6.45, 7) is 4.00. The topological polar surface area (TPSA) is 38.0 Å². The fourth-order valence-corrected chi connectivity index (χ4v) is 4.65. The molecule has 0 spiro atoms. The van der Waals surface area contributed by atoms with Gasteiger partial charge in [-0.3, -0.25) is 0 Å². The molecule has 0 amide bonds. The van der Waals surface area contributed by atoms with Gasteiger partial charge in [0, 0.05) is 20.8 Å². The van der Waals surface area contributed by atoms with Gasteiger partial charge >= 0.3 is 0 Å². The number of nitrogens with one attached hydrogen (secondary N) is 1. The van der Waals surface area contributed by atoms with E-state index in [2.05, 4.69) is 34.2 Å². The lowest BCUT2D eigenvalue weighted by molar-refractivity contribution is 0.359. The van der Waals surface area contributed by atoms with Gasteiger partial charge in [-0.05, 0) is 78.9 Å². The highest BCUT2D eigenvalue weighted by atomic mass is 79.9. The van der Waals surface area contributed by atoms with Gasteiger partial charge in [0.25, 0.3) is 0 Å². The zero-order chi connectivity index (χ0) is 13.4. The SMILES string of the molecule is Cc1sc(C(CN)NCC(C2CC2)C2CC2)cc1Br. The van der Waals surface area contributed by atoms with Crippen molar-refractivity contribution in [3.8, 4) is 0 Å². The van der Waals surface area contributed by atoms with Crippen LogP contribution >= 0.6 is 27.3 Å². The minimum Gasteiger partial charge on any atom is -0.329 e. The van der Waals surface area contributed by atoms with Gasteiger partial charge < -0.3 is 11.1 Å². The summed E-state index contributed by atoms with van der Waals surface area (Å²) >= 11 is 5.46. The average Bonchev–Trinajstić information content (AvgIpc) is 3.26. The molecule has 106 valence electrons. The summed E-state index contributed by atoms with van der Waals surface area (Å²) in [7, 11) is 0. The summed E-state index contributed by atoms with van der Waals surface area (Å²) in [5.41, 5.74) is 5.96. The number of hydrogen-bond donors (Lipinski definition) is 2. The molecule has 0 aliphatic heterocycles. The molecule has 2 fully saturated rings. The van der Waals surface area contributed by atoms with Gasteiger partial charge in [-0.15, -0.1) is 11.3 Å². The van der Waals surface area contributed by atoms with Crippen LogP contribution in [0.5, 0.6) is 0 Å². The average molecular weight is 343 g/mol. The predicted octanol–water partition coefficient (Wildman–Crippen LogP) is 3.84. The minimum atomic E-state index is 0.329. The van der Waals surface area contributed by atoms with Gasteiger partial charge in [0.2, 0.25) is 0 Å². The van der Waals surface area contributed by atoms with Crippen LogP contribution in [0.2, 0.25) is 0 Å². The zero-order valence-corrected chi connectivity index (χ0v) is 13.9. The summed E-state index contributed by atoms with van der Waals surface area (Å²) in [6.07, 6.45) is 5.83. The van der Waals surface area contributed by atoms with Crippen molar-refractivity contribution in [3.63, 3.8) is 0 Å². The van der Waals surface area contributed by atoms with E-state index in [0.29, 0.717) is 12.6 Å². The van der Waals surface area contributed by atoms with Crippen LogP contribution in [0.4, 0.5) is 0 Å². The van der Waals surface area contributed by atoms with Crippen molar-refractivity contribution in [2.75, 3.05) is 13.1 Å². The van der Waals surface area contributed by atoms with Crippen LogP contribution in [0.1, 0.15) is 41.5 Å². The van der Waals surface area contributed by atoms with Crippen molar-refractivity contribution in [3.05, 3.63) is 20.3 Å². The Morgan fingerprint density at radius 3 is 2.42 bits per heavy atom. The second-order valence-corrected chi connectivity index (χ2v) is 8.23. The second-order valence-electron chi connectivity index (χ2n) is 6.09. The summed E-state index contributed by atoms with van der Waals surface area (Å²) in [5, 5.41) is 3.73. The number of halogens is 1. The van der Waals surface area contributed by atoms with E-state index >= 15 is 0 Å². The van der Waals surface area contributed by atoms with Gasteiger partial charge in [-0.2, -0.15) is 0 Å². The quantitative estimate of drug-likeness (QED) is 0.789. The maximum atomic E-state index is 5.96. The van der Waals surface area contributed by atoms with E-state index in [1.54, 1.807) is 0 Å². The fourth-order valence-electron chi connectivity index (χ4n) is 3.00. The van der Waals surface area contributed by atoms with Crippen molar-refractivity contribution in [1.29, 1.82) is 0 Å². The highest BCUT2D eigenvalue weighted by Crippen LogP contribution is 2.49.